The van der Waals surface area contributed by atoms with Crippen molar-refractivity contribution < 1.29 is 28.9 Å². The van der Waals surface area contributed by atoms with E-state index in [0.29, 0.717) is 35.2 Å². The molecule has 1 unspecified atom stereocenters. The molecule has 2 aromatic rings. The van der Waals surface area contributed by atoms with Crippen LogP contribution in [0.4, 0.5) is 0 Å². The fraction of sp³-hybridized carbons (Fsp3) is 0.407. The number of amides is 1. The molecule has 0 aromatic heterocycles. The molecule has 1 atom stereocenters. The Balaban J connectivity index is 2.20. The lowest BCUT2D eigenvalue weighted by atomic mass is 9.93. The van der Waals surface area contributed by atoms with Gasteiger partial charge < -0.3 is 24.2 Å². The number of Topliss-reactive ketones (excluding diaryl/α,β-unsaturated/α-hetero) is 1. The number of methoxy groups -OCH3 is 2. The fourth-order valence-corrected chi connectivity index (χ4v) is 4.02. The zero-order valence-corrected chi connectivity index (χ0v) is 20.7. The van der Waals surface area contributed by atoms with Gasteiger partial charge in [0, 0.05) is 19.2 Å². The Kier molecular flexibility index (Phi) is 7.99. The molecule has 1 saturated heterocycles. The van der Waals surface area contributed by atoms with Gasteiger partial charge >= 0.3 is 0 Å². The maximum Gasteiger partial charge on any atom is 0.295 e. The average molecular weight is 468 g/mol. The monoisotopic (exact) mass is 467 g/mol. The number of aliphatic hydroxyl groups is 1. The Bertz CT molecular complexity index is 1100. The Morgan fingerprint density at radius 2 is 1.79 bits per heavy atom. The van der Waals surface area contributed by atoms with Crippen molar-refractivity contribution in [3.8, 4) is 11.5 Å². The fourth-order valence-electron chi connectivity index (χ4n) is 4.02. The average Bonchev–Trinajstić information content (AvgIpc) is 3.07. The van der Waals surface area contributed by atoms with Crippen LogP contribution in [0, 0.1) is 19.8 Å². The van der Waals surface area contributed by atoms with Crippen LogP contribution in [0.2, 0.25) is 0 Å². The van der Waals surface area contributed by atoms with Gasteiger partial charge in [-0.3, -0.25) is 9.59 Å². The Morgan fingerprint density at radius 1 is 1.06 bits per heavy atom. The minimum Gasteiger partial charge on any atom is -0.507 e. The molecule has 182 valence electrons. The second-order valence-electron chi connectivity index (χ2n) is 8.92. The molecule has 1 N–H and O–H groups in total. The molecule has 1 heterocycles. The second-order valence-corrected chi connectivity index (χ2v) is 8.92. The van der Waals surface area contributed by atoms with E-state index >= 15 is 0 Å². The van der Waals surface area contributed by atoms with Gasteiger partial charge in [-0.2, -0.15) is 0 Å². The molecule has 3 rings (SSSR count). The van der Waals surface area contributed by atoms with Gasteiger partial charge in [0.2, 0.25) is 0 Å². The minimum atomic E-state index is -0.789. The van der Waals surface area contributed by atoms with Gasteiger partial charge in [-0.25, -0.2) is 0 Å². The van der Waals surface area contributed by atoms with E-state index in [1.54, 1.807) is 25.3 Å². The molecule has 1 aliphatic heterocycles. The third-order valence-corrected chi connectivity index (χ3v) is 5.80. The third-order valence-electron chi connectivity index (χ3n) is 5.80. The molecule has 7 heteroatoms. The van der Waals surface area contributed by atoms with Crippen molar-refractivity contribution in [2.45, 2.75) is 33.7 Å². The Hall–Kier alpha value is -3.32. The first kappa shape index (κ1) is 25.3. The molecule has 1 aliphatic rings. The van der Waals surface area contributed by atoms with Crippen LogP contribution >= 0.6 is 0 Å². The van der Waals surface area contributed by atoms with Crippen molar-refractivity contribution in [1.29, 1.82) is 0 Å². The topological polar surface area (TPSA) is 85.3 Å². The number of hydrogen-bond donors (Lipinski definition) is 1. The summed E-state index contributed by atoms with van der Waals surface area (Å²) < 4.78 is 16.6. The lowest BCUT2D eigenvalue weighted by Gasteiger charge is -2.26. The summed E-state index contributed by atoms with van der Waals surface area (Å²) in [5.74, 6) is -0.227. The molecule has 7 nitrogen and oxygen atoms in total. The third kappa shape index (κ3) is 5.09. The molecule has 34 heavy (non-hydrogen) atoms. The van der Waals surface area contributed by atoms with Crippen molar-refractivity contribution in [2.75, 3.05) is 34.0 Å². The predicted octanol–water partition coefficient (Wildman–Crippen LogP) is 4.41. The highest BCUT2D eigenvalue weighted by Crippen LogP contribution is 2.42. The van der Waals surface area contributed by atoms with Gasteiger partial charge in [-0.05, 0) is 49.1 Å². The van der Waals surface area contributed by atoms with Crippen LogP contribution in [0.5, 0.6) is 11.5 Å². The normalized spacial score (nSPS) is 17.5. The van der Waals surface area contributed by atoms with E-state index in [1.807, 2.05) is 45.9 Å². The first-order valence-electron chi connectivity index (χ1n) is 11.3. The summed E-state index contributed by atoms with van der Waals surface area (Å²) in [6, 6.07) is 10.1. The van der Waals surface area contributed by atoms with Crippen LogP contribution in [-0.4, -0.2) is 55.7 Å². The smallest absolute Gasteiger partial charge is 0.295 e. The summed E-state index contributed by atoms with van der Waals surface area (Å²) in [7, 11) is 3.09. The van der Waals surface area contributed by atoms with Crippen LogP contribution in [0.3, 0.4) is 0 Å². The number of likely N-dealkylation sites (tertiary alicyclic amines) is 1. The Labute approximate surface area is 200 Å². The van der Waals surface area contributed by atoms with Crippen LogP contribution in [0.1, 0.15) is 42.1 Å². The summed E-state index contributed by atoms with van der Waals surface area (Å²) >= 11 is 0. The summed E-state index contributed by atoms with van der Waals surface area (Å²) in [5.41, 5.74) is 2.96. The number of aliphatic hydroxyl groups excluding tert-OH is 1. The maximum atomic E-state index is 13.2. The number of hydrogen-bond acceptors (Lipinski definition) is 6. The van der Waals surface area contributed by atoms with E-state index in [-0.39, 0.29) is 24.5 Å². The first-order valence-corrected chi connectivity index (χ1v) is 11.3. The number of nitrogens with zero attached hydrogens (tertiary/aromatic N) is 1. The lowest BCUT2D eigenvalue weighted by molar-refractivity contribution is -0.140. The number of benzene rings is 2. The Morgan fingerprint density at radius 3 is 2.44 bits per heavy atom. The molecular formula is C27H33NO6. The van der Waals surface area contributed by atoms with Gasteiger partial charge in [0.05, 0.1) is 31.9 Å². The molecule has 2 aromatic carbocycles. The van der Waals surface area contributed by atoms with E-state index in [0.717, 1.165) is 11.1 Å². The molecular weight excluding hydrogens is 434 g/mol. The highest BCUT2D eigenvalue weighted by molar-refractivity contribution is 6.46. The van der Waals surface area contributed by atoms with Crippen molar-refractivity contribution in [3.05, 3.63) is 64.2 Å². The van der Waals surface area contributed by atoms with Gasteiger partial charge in [0.15, 0.2) is 11.5 Å². The summed E-state index contributed by atoms with van der Waals surface area (Å²) in [6.07, 6.45) is 0. The van der Waals surface area contributed by atoms with Gasteiger partial charge in [0.25, 0.3) is 11.7 Å². The van der Waals surface area contributed by atoms with Crippen molar-refractivity contribution in [2.24, 2.45) is 5.92 Å². The van der Waals surface area contributed by atoms with E-state index in [2.05, 4.69) is 0 Å². The number of ketones is 1. The molecule has 0 aliphatic carbocycles. The lowest BCUT2D eigenvalue weighted by Crippen LogP contribution is -2.32. The number of rotatable bonds is 9. The number of carbonyl (C=O) groups excluding carboxylic acids is 2. The minimum absolute atomic E-state index is 0.0507. The van der Waals surface area contributed by atoms with E-state index in [1.165, 1.54) is 12.0 Å². The molecule has 1 fully saturated rings. The maximum absolute atomic E-state index is 13.2. The summed E-state index contributed by atoms with van der Waals surface area (Å²) in [5, 5.41) is 11.3. The second kappa shape index (κ2) is 10.7. The molecule has 1 amide bonds. The van der Waals surface area contributed by atoms with Crippen molar-refractivity contribution in [3.63, 3.8) is 0 Å². The van der Waals surface area contributed by atoms with Gasteiger partial charge in [-0.1, -0.05) is 37.6 Å². The molecule has 0 radical (unpaired) electrons. The predicted molar refractivity (Wildman–Crippen MR) is 130 cm³/mol. The van der Waals surface area contributed by atoms with Crippen LogP contribution in [-0.2, 0) is 14.3 Å². The first-order chi connectivity index (χ1) is 16.2. The summed E-state index contributed by atoms with van der Waals surface area (Å²) in [4.78, 5) is 27.7. The van der Waals surface area contributed by atoms with Gasteiger partial charge in [0.1, 0.15) is 5.76 Å². The molecule has 0 saturated carbocycles. The zero-order valence-electron chi connectivity index (χ0n) is 20.7. The molecule has 0 spiro atoms. The highest BCUT2D eigenvalue weighted by Gasteiger charge is 2.46. The van der Waals surface area contributed by atoms with Crippen LogP contribution in [0.15, 0.2) is 42.0 Å². The highest BCUT2D eigenvalue weighted by atomic mass is 16.5. The molecule has 0 bridgehead atoms. The summed E-state index contributed by atoms with van der Waals surface area (Å²) in [6.45, 7) is 8.78. The van der Waals surface area contributed by atoms with E-state index in [9.17, 15) is 14.7 Å². The SMILES string of the molecule is COCCN1C(=O)C(=O)/C(=C(/O)c2cc(C)ccc2C)C1c1ccc(OC)c(OCC(C)C)c1. The van der Waals surface area contributed by atoms with Crippen molar-refractivity contribution in [1.82, 2.24) is 4.90 Å². The van der Waals surface area contributed by atoms with Crippen molar-refractivity contribution >= 4 is 17.4 Å². The van der Waals surface area contributed by atoms with Gasteiger partial charge in [-0.15, -0.1) is 0 Å². The quantitative estimate of drug-likeness (QED) is 0.334. The van der Waals surface area contributed by atoms with E-state index in [4.69, 9.17) is 14.2 Å². The standard InChI is InChI=1S/C27H33NO6/c1-16(2)15-34-22-14-19(9-10-21(22)33-6)24-23(26(30)27(31)28(24)11-12-32-5)25(29)20-13-17(3)7-8-18(20)4/h7-10,13-14,16,24,29H,11-12,15H2,1-6H3/b25-23+. The van der Waals surface area contributed by atoms with E-state index < -0.39 is 17.7 Å². The number of carbonyl (C=O) groups is 2. The number of ether oxygens (including phenoxy) is 3. The zero-order chi connectivity index (χ0) is 25.0. The largest absolute Gasteiger partial charge is 0.507 e. The van der Waals surface area contributed by atoms with Crippen LogP contribution < -0.4 is 9.47 Å². The number of aryl methyl sites for hydroxylation is 2. The van der Waals surface area contributed by atoms with Crippen LogP contribution in [0.25, 0.3) is 5.76 Å².